The minimum Gasteiger partial charge on any atom is -0.506 e. The molecule has 122 valence electrons. The van der Waals surface area contributed by atoms with E-state index < -0.39 is 5.91 Å². The van der Waals surface area contributed by atoms with Crippen LogP contribution in [0, 0.1) is 3.57 Å². The highest BCUT2D eigenvalue weighted by molar-refractivity contribution is 14.1. The number of hydrogen-bond acceptors (Lipinski definition) is 4. The van der Waals surface area contributed by atoms with Gasteiger partial charge in [-0.05, 0) is 40.8 Å². The highest BCUT2D eigenvalue weighted by atomic mass is 127. The maximum atomic E-state index is 12.0. The lowest BCUT2D eigenvalue weighted by molar-refractivity contribution is 0.0950. The number of nitrogens with zero attached hydrogens (tertiary/aromatic N) is 2. The van der Waals surface area contributed by atoms with E-state index in [1.54, 1.807) is 18.2 Å². The van der Waals surface area contributed by atoms with Crippen LogP contribution in [0.3, 0.4) is 0 Å². The first-order valence-electron chi connectivity index (χ1n) is 6.76. The van der Waals surface area contributed by atoms with E-state index in [9.17, 15) is 9.90 Å². The van der Waals surface area contributed by atoms with Gasteiger partial charge in [0.05, 0.1) is 9.78 Å². The fourth-order valence-electron chi connectivity index (χ4n) is 1.72. The van der Waals surface area contributed by atoms with Crippen LogP contribution in [0.25, 0.3) is 0 Å². The summed E-state index contributed by atoms with van der Waals surface area (Å²) in [5.41, 5.74) is 3.91. The van der Waals surface area contributed by atoms with Gasteiger partial charge in [0.15, 0.2) is 5.69 Å². The molecule has 2 aromatic rings. The van der Waals surface area contributed by atoms with Crippen LogP contribution in [-0.2, 0) is 5.41 Å². The minimum atomic E-state index is -0.419. The Kier molecular flexibility index (Phi) is 5.45. The summed E-state index contributed by atoms with van der Waals surface area (Å²) in [7, 11) is 0. The number of aromatic amines is 1. The van der Waals surface area contributed by atoms with Gasteiger partial charge >= 0.3 is 0 Å². The van der Waals surface area contributed by atoms with E-state index in [0.29, 0.717) is 9.13 Å². The first kappa shape index (κ1) is 17.9. The fraction of sp³-hybridized carbons (Fsp3) is 0.267. The maximum Gasteiger partial charge on any atom is 0.291 e. The summed E-state index contributed by atoms with van der Waals surface area (Å²) in [4.78, 5) is 12.0. The SMILES string of the molecule is CC(C)(C)c1cc(C(=O)NN=Cc2cc(Br)cc(I)c2O)n[nH]1. The number of hydrazone groups is 1. The number of phenols is 1. The molecule has 1 aromatic carbocycles. The number of phenolic OH excluding ortho intramolecular Hbond substituents is 1. The number of carbonyl (C=O) groups is 1. The smallest absolute Gasteiger partial charge is 0.291 e. The van der Waals surface area contributed by atoms with Crippen molar-refractivity contribution in [1.82, 2.24) is 15.6 Å². The average molecular weight is 491 g/mol. The van der Waals surface area contributed by atoms with Gasteiger partial charge in [-0.25, -0.2) is 5.43 Å². The lowest BCUT2D eigenvalue weighted by Crippen LogP contribution is -2.18. The molecular formula is C15H16BrIN4O2. The summed E-state index contributed by atoms with van der Waals surface area (Å²) in [5.74, 6) is -0.307. The molecule has 0 radical (unpaired) electrons. The van der Waals surface area contributed by atoms with Crippen molar-refractivity contribution >= 4 is 50.6 Å². The third-order valence-corrected chi connectivity index (χ3v) is 4.33. The monoisotopic (exact) mass is 490 g/mol. The van der Waals surface area contributed by atoms with E-state index >= 15 is 0 Å². The summed E-state index contributed by atoms with van der Waals surface area (Å²) >= 11 is 5.36. The second-order valence-corrected chi connectivity index (χ2v) is 8.02. The van der Waals surface area contributed by atoms with Crippen LogP contribution in [0.4, 0.5) is 0 Å². The topological polar surface area (TPSA) is 90.4 Å². The van der Waals surface area contributed by atoms with Gasteiger partial charge in [0.1, 0.15) is 5.75 Å². The second kappa shape index (κ2) is 7.00. The molecule has 1 amide bonds. The number of amides is 1. The molecule has 0 unspecified atom stereocenters. The summed E-state index contributed by atoms with van der Waals surface area (Å²) in [6, 6.07) is 5.19. The molecule has 3 N–H and O–H groups in total. The lowest BCUT2D eigenvalue weighted by Gasteiger charge is -2.14. The third kappa shape index (κ3) is 4.54. The number of nitrogens with one attached hydrogen (secondary N) is 2. The Hall–Kier alpha value is -1.42. The van der Waals surface area contributed by atoms with Gasteiger partial charge in [-0.15, -0.1) is 0 Å². The highest BCUT2D eigenvalue weighted by Crippen LogP contribution is 2.27. The zero-order chi connectivity index (χ0) is 17.2. The molecule has 8 heteroatoms. The van der Waals surface area contributed by atoms with Gasteiger partial charge in [-0.3, -0.25) is 9.89 Å². The number of aromatic hydroxyl groups is 1. The normalized spacial score (nSPS) is 11.9. The van der Waals surface area contributed by atoms with E-state index in [1.807, 2.05) is 43.4 Å². The zero-order valence-electron chi connectivity index (χ0n) is 12.8. The van der Waals surface area contributed by atoms with Crippen LogP contribution in [0.5, 0.6) is 5.75 Å². The molecule has 2 rings (SSSR count). The largest absolute Gasteiger partial charge is 0.506 e. The zero-order valence-corrected chi connectivity index (χ0v) is 16.6. The van der Waals surface area contributed by atoms with Crippen molar-refractivity contribution in [2.24, 2.45) is 5.10 Å². The minimum absolute atomic E-state index is 0.113. The van der Waals surface area contributed by atoms with Crippen molar-refractivity contribution in [3.63, 3.8) is 0 Å². The van der Waals surface area contributed by atoms with Crippen molar-refractivity contribution in [2.75, 3.05) is 0 Å². The third-order valence-electron chi connectivity index (χ3n) is 3.05. The molecule has 6 nitrogen and oxygen atoms in total. The summed E-state index contributed by atoms with van der Waals surface area (Å²) in [6.45, 7) is 6.08. The predicted octanol–water partition coefficient (Wildman–Crippen LogP) is 3.54. The van der Waals surface area contributed by atoms with Crippen LogP contribution in [0.15, 0.2) is 27.8 Å². The van der Waals surface area contributed by atoms with Crippen LogP contribution < -0.4 is 5.43 Å². The molecule has 0 saturated carbocycles. The second-order valence-electron chi connectivity index (χ2n) is 5.94. The van der Waals surface area contributed by atoms with Gasteiger partial charge in [-0.2, -0.15) is 10.2 Å². The van der Waals surface area contributed by atoms with Crippen LogP contribution in [0.1, 0.15) is 42.5 Å². The molecule has 0 aliphatic heterocycles. The molecular weight excluding hydrogens is 475 g/mol. The number of benzene rings is 1. The van der Waals surface area contributed by atoms with Gasteiger partial charge in [-0.1, -0.05) is 36.7 Å². The van der Waals surface area contributed by atoms with Gasteiger partial charge in [0.2, 0.25) is 0 Å². The Morgan fingerprint density at radius 3 is 2.74 bits per heavy atom. The Labute approximate surface area is 156 Å². The number of halogens is 2. The molecule has 0 bridgehead atoms. The first-order chi connectivity index (χ1) is 10.7. The predicted molar refractivity (Wildman–Crippen MR) is 101 cm³/mol. The molecule has 0 saturated heterocycles. The van der Waals surface area contributed by atoms with E-state index in [0.717, 1.165) is 10.2 Å². The van der Waals surface area contributed by atoms with E-state index in [1.165, 1.54) is 6.21 Å². The van der Waals surface area contributed by atoms with Crippen molar-refractivity contribution in [2.45, 2.75) is 26.2 Å². The quantitative estimate of drug-likeness (QED) is 0.349. The van der Waals surface area contributed by atoms with Crippen molar-refractivity contribution < 1.29 is 9.90 Å². The first-order valence-corrected chi connectivity index (χ1v) is 8.63. The molecule has 0 aliphatic rings. The molecule has 0 aliphatic carbocycles. The molecule has 0 spiro atoms. The van der Waals surface area contributed by atoms with Crippen LogP contribution >= 0.6 is 38.5 Å². The van der Waals surface area contributed by atoms with Crippen molar-refractivity contribution in [3.8, 4) is 5.75 Å². The summed E-state index contributed by atoms with van der Waals surface area (Å²) in [6.07, 6.45) is 1.39. The molecule has 1 heterocycles. The van der Waals surface area contributed by atoms with Crippen molar-refractivity contribution in [1.29, 1.82) is 0 Å². The molecule has 0 fully saturated rings. The van der Waals surface area contributed by atoms with Crippen molar-refractivity contribution in [3.05, 3.63) is 43.2 Å². The molecule has 1 aromatic heterocycles. The van der Waals surface area contributed by atoms with Crippen LogP contribution in [-0.4, -0.2) is 27.4 Å². The Balaban J connectivity index is 2.09. The van der Waals surface area contributed by atoms with E-state index in [4.69, 9.17) is 0 Å². The van der Waals surface area contributed by atoms with Gasteiger partial charge in [0, 0.05) is 21.1 Å². The van der Waals surface area contributed by atoms with E-state index in [-0.39, 0.29) is 16.9 Å². The number of aromatic nitrogens is 2. The Bertz CT molecular complexity index is 765. The number of rotatable bonds is 3. The summed E-state index contributed by atoms with van der Waals surface area (Å²) in [5, 5.41) is 20.7. The standard InChI is InChI=1S/C15H16BrIN4O2/c1-15(2,3)12-6-11(19-20-12)14(23)21-18-7-8-4-9(16)5-10(17)13(8)22/h4-7,22H,1-3H3,(H,19,20)(H,21,23). The van der Waals surface area contributed by atoms with Gasteiger partial charge < -0.3 is 5.11 Å². The maximum absolute atomic E-state index is 12.0. The average Bonchev–Trinajstić information content (AvgIpc) is 2.93. The van der Waals surface area contributed by atoms with Crippen LogP contribution in [0.2, 0.25) is 0 Å². The summed E-state index contributed by atoms with van der Waals surface area (Å²) < 4.78 is 1.50. The molecule has 23 heavy (non-hydrogen) atoms. The number of carbonyl (C=O) groups excluding carboxylic acids is 1. The van der Waals surface area contributed by atoms with Gasteiger partial charge in [0.25, 0.3) is 5.91 Å². The molecule has 0 atom stereocenters. The number of H-pyrrole nitrogens is 1. The number of hydrogen-bond donors (Lipinski definition) is 3. The lowest BCUT2D eigenvalue weighted by atomic mass is 9.92. The Morgan fingerprint density at radius 2 is 2.13 bits per heavy atom. The fourth-order valence-corrected chi connectivity index (χ4v) is 3.27. The highest BCUT2D eigenvalue weighted by Gasteiger charge is 2.19. The Morgan fingerprint density at radius 1 is 1.43 bits per heavy atom. The van der Waals surface area contributed by atoms with E-state index in [2.05, 4.69) is 36.7 Å².